The third-order valence-corrected chi connectivity index (χ3v) is 4.85. The fourth-order valence-electron chi connectivity index (χ4n) is 3.45. The van der Waals surface area contributed by atoms with Crippen LogP contribution in [-0.4, -0.2) is 22.3 Å². The van der Waals surface area contributed by atoms with Gasteiger partial charge >= 0.3 is 5.97 Å². The summed E-state index contributed by atoms with van der Waals surface area (Å²) < 4.78 is 0. The summed E-state index contributed by atoms with van der Waals surface area (Å²) in [7, 11) is 0. The molecule has 0 aromatic rings. The van der Waals surface area contributed by atoms with Crippen LogP contribution in [0.3, 0.4) is 0 Å². The Kier molecular flexibility index (Phi) is 6.84. The predicted octanol–water partition coefficient (Wildman–Crippen LogP) is 3.99. The smallest absolute Gasteiger partial charge is 0.309 e. The highest BCUT2D eigenvalue weighted by Gasteiger charge is 2.38. The number of unbranched alkanes of at least 4 members (excludes halogenated alkanes) is 1. The first kappa shape index (κ1) is 16.5. The second-order valence-corrected chi connectivity index (χ2v) is 6.29. The largest absolute Gasteiger partial charge is 0.481 e. The standard InChI is InChI=1S/C16H30O3/c1-3-5-10-16(4-2,15(18)19)12-14(17)11-13-8-6-7-9-13/h13-14,17H,3-12H2,1-2H3,(H,18,19). The van der Waals surface area contributed by atoms with Crippen LogP contribution >= 0.6 is 0 Å². The van der Waals surface area contributed by atoms with E-state index in [1.165, 1.54) is 25.7 Å². The van der Waals surface area contributed by atoms with Crippen molar-refractivity contribution in [1.29, 1.82) is 0 Å². The SMILES string of the molecule is CCCCC(CC)(CC(O)CC1CCCC1)C(=O)O. The minimum atomic E-state index is -0.728. The summed E-state index contributed by atoms with van der Waals surface area (Å²) in [4.78, 5) is 11.6. The summed E-state index contributed by atoms with van der Waals surface area (Å²) in [5, 5.41) is 19.8. The molecule has 1 saturated carbocycles. The van der Waals surface area contributed by atoms with E-state index in [9.17, 15) is 15.0 Å². The number of hydrogen-bond acceptors (Lipinski definition) is 2. The Morgan fingerprint density at radius 1 is 1.32 bits per heavy atom. The second-order valence-electron chi connectivity index (χ2n) is 6.29. The van der Waals surface area contributed by atoms with Gasteiger partial charge in [-0.25, -0.2) is 0 Å². The molecule has 0 saturated heterocycles. The maximum Gasteiger partial charge on any atom is 0.309 e. The molecule has 19 heavy (non-hydrogen) atoms. The molecule has 0 aromatic heterocycles. The highest BCUT2D eigenvalue weighted by Crippen LogP contribution is 2.37. The van der Waals surface area contributed by atoms with E-state index < -0.39 is 17.5 Å². The molecule has 0 aromatic carbocycles. The molecule has 3 nitrogen and oxygen atoms in total. The van der Waals surface area contributed by atoms with Crippen LogP contribution in [0.2, 0.25) is 0 Å². The molecule has 112 valence electrons. The fourth-order valence-corrected chi connectivity index (χ4v) is 3.45. The van der Waals surface area contributed by atoms with E-state index in [1.54, 1.807) is 0 Å². The van der Waals surface area contributed by atoms with Crippen molar-refractivity contribution in [3.8, 4) is 0 Å². The van der Waals surface area contributed by atoms with E-state index in [1.807, 2.05) is 6.92 Å². The summed E-state index contributed by atoms with van der Waals surface area (Å²) >= 11 is 0. The Bertz CT molecular complexity index is 271. The van der Waals surface area contributed by atoms with Crippen LogP contribution in [0.5, 0.6) is 0 Å². The van der Waals surface area contributed by atoms with Crippen molar-refractivity contribution in [2.45, 2.75) is 84.2 Å². The van der Waals surface area contributed by atoms with Crippen LogP contribution in [0.25, 0.3) is 0 Å². The van der Waals surface area contributed by atoms with Gasteiger partial charge in [0.05, 0.1) is 11.5 Å². The van der Waals surface area contributed by atoms with E-state index in [0.717, 1.165) is 19.3 Å². The predicted molar refractivity (Wildman–Crippen MR) is 77.1 cm³/mol. The zero-order valence-corrected chi connectivity index (χ0v) is 12.5. The molecule has 0 spiro atoms. The van der Waals surface area contributed by atoms with Gasteiger partial charge in [0.2, 0.25) is 0 Å². The lowest BCUT2D eigenvalue weighted by Crippen LogP contribution is -2.35. The second kappa shape index (κ2) is 7.88. The van der Waals surface area contributed by atoms with E-state index in [0.29, 0.717) is 25.2 Å². The van der Waals surface area contributed by atoms with Crippen molar-refractivity contribution in [1.82, 2.24) is 0 Å². The Labute approximate surface area is 117 Å². The zero-order valence-electron chi connectivity index (χ0n) is 12.5. The number of carbonyl (C=O) groups is 1. The van der Waals surface area contributed by atoms with Crippen LogP contribution in [0, 0.1) is 11.3 Å². The third kappa shape index (κ3) is 4.79. The van der Waals surface area contributed by atoms with Gasteiger partial charge in [-0.05, 0) is 31.6 Å². The Morgan fingerprint density at radius 2 is 1.95 bits per heavy atom. The van der Waals surface area contributed by atoms with Gasteiger partial charge in [0, 0.05) is 0 Å². The van der Waals surface area contributed by atoms with E-state index in [-0.39, 0.29) is 0 Å². The molecule has 1 fully saturated rings. The molecule has 1 aliphatic rings. The number of aliphatic hydroxyl groups is 1. The zero-order chi connectivity index (χ0) is 14.3. The van der Waals surface area contributed by atoms with E-state index >= 15 is 0 Å². The van der Waals surface area contributed by atoms with Gasteiger partial charge in [0.15, 0.2) is 0 Å². The Hall–Kier alpha value is -0.570. The third-order valence-electron chi connectivity index (χ3n) is 4.85. The molecule has 2 N–H and O–H groups in total. The minimum Gasteiger partial charge on any atom is -0.481 e. The number of carboxylic acid groups (broad SMARTS) is 1. The van der Waals surface area contributed by atoms with Crippen molar-refractivity contribution < 1.29 is 15.0 Å². The molecule has 1 rings (SSSR count). The van der Waals surface area contributed by atoms with Gasteiger partial charge in [-0.1, -0.05) is 52.4 Å². The molecule has 0 bridgehead atoms. The van der Waals surface area contributed by atoms with Crippen molar-refractivity contribution in [2.75, 3.05) is 0 Å². The quantitative estimate of drug-likeness (QED) is 0.666. The molecular formula is C16H30O3. The van der Waals surface area contributed by atoms with E-state index in [4.69, 9.17) is 0 Å². The van der Waals surface area contributed by atoms with Gasteiger partial charge < -0.3 is 10.2 Å². The molecule has 0 amide bonds. The molecule has 1 aliphatic carbocycles. The average molecular weight is 270 g/mol. The molecule has 0 radical (unpaired) electrons. The number of aliphatic hydroxyl groups excluding tert-OH is 1. The molecule has 3 heteroatoms. The average Bonchev–Trinajstić information content (AvgIpc) is 2.86. The summed E-state index contributed by atoms with van der Waals surface area (Å²) in [5.74, 6) is -0.113. The highest BCUT2D eigenvalue weighted by atomic mass is 16.4. The summed E-state index contributed by atoms with van der Waals surface area (Å²) in [6, 6.07) is 0. The number of aliphatic carboxylic acids is 1. The Morgan fingerprint density at radius 3 is 2.42 bits per heavy atom. The molecular weight excluding hydrogens is 240 g/mol. The lowest BCUT2D eigenvalue weighted by atomic mass is 9.74. The van der Waals surface area contributed by atoms with Crippen LogP contribution in [0.1, 0.15) is 78.1 Å². The first-order valence-electron chi connectivity index (χ1n) is 7.95. The fraction of sp³-hybridized carbons (Fsp3) is 0.938. The molecule has 2 atom stereocenters. The van der Waals surface area contributed by atoms with Crippen molar-refractivity contribution in [3.05, 3.63) is 0 Å². The normalized spacial score (nSPS) is 21.2. The maximum absolute atomic E-state index is 11.6. The van der Waals surface area contributed by atoms with Gasteiger partial charge in [-0.3, -0.25) is 4.79 Å². The van der Waals surface area contributed by atoms with Gasteiger partial charge in [0.25, 0.3) is 0 Å². The maximum atomic E-state index is 11.6. The lowest BCUT2D eigenvalue weighted by Gasteiger charge is -2.31. The van der Waals surface area contributed by atoms with Gasteiger partial charge in [0.1, 0.15) is 0 Å². The van der Waals surface area contributed by atoms with Crippen LogP contribution in [0.15, 0.2) is 0 Å². The van der Waals surface area contributed by atoms with Gasteiger partial charge in [-0.2, -0.15) is 0 Å². The van der Waals surface area contributed by atoms with Crippen LogP contribution < -0.4 is 0 Å². The highest BCUT2D eigenvalue weighted by molar-refractivity contribution is 5.74. The minimum absolute atomic E-state index is 0.426. The molecule has 0 aliphatic heterocycles. The van der Waals surface area contributed by atoms with Crippen molar-refractivity contribution >= 4 is 5.97 Å². The van der Waals surface area contributed by atoms with E-state index in [2.05, 4.69) is 6.92 Å². The van der Waals surface area contributed by atoms with Crippen LogP contribution in [0.4, 0.5) is 0 Å². The number of hydrogen-bond donors (Lipinski definition) is 2. The number of carboxylic acids is 1. The summed E-state index contributed by atoms with van der Waals surface area (Å²) in [6.45, 7) is 4.02. The van der Waals surface area contributed by atoms with Crippen molar-refractivity contribution in [2.24, 2.45) is 11.3 Å². The van der Waals surface area contributed by atoms with Crippen molar-refractivity contribution in [3.63, 3.8) is 0 Å². The lowest BCUT2D eigenvalue weighted by molar-refractivity contribution is -0.152. The Balaban J connectivity index is 2.56. The van der Waals surface area contributed by atoms with Crippen LogP contribution in [-0.2, 0) is 4.79 Å². The summed E-state index contributed by atoms with van der Waals surface area (Å²) in [5.41, 5.74) is -0.714. The molecule has 0 heterocycles. The van der Waals surface area contributed by atoms with Gasteiger partial charge in [-0.15, -0.1) is 0 Å². The number of rotatable bonds is 9. The first-order valence-corrected chi connectivity index (χ1v) is 7.95. The topological polar surface area (TPSA) is 57.5 Å². The summed E-state index contributed by atoms with van der Waals surface area (Å²) in [6.07, 6.45) is 8.96. The first-order chi connectivity index (χ1) is 9.04. The molecule has 2 unspecified atom stereocenters. The monoisotopic (exact) mass is 270 g/mol.